The average molecular weight is 293 g/mol. The minimum absolute atomic E-state index is 0.0140. The highest BCUT2D eigenvalue weighted by molar-refractivity contribution is 5.79. The molecule has 0 radical (unpaired) electrons. The molecule has 0 aliphatic heterocycles. The molecule has 1 aliphatic rings. The third-order valence-electron chi connectivity index (χ3n) is 3.91. The van der Waals surface area contributed by atoms with Gasteiger partial charge >= 0.3 is 0 Å². The Labute approximate surface area is 125 Å². The fourth-order valence-electron chi connectivity index (χ4n) is 2.67. The molecule has 1 aromatic carbocycles. The first kappa shape index (κ1) is 15.6. The van der Waals surface area contributed by atoms with Crippen molar-refractivity contribution < 1.29 is 19.4 Å². The van der Waals surface area contributed by atoms with Crippen molar-refractivity contribution in [2.24, 2.45) is 0 Å². The van der Waals surface area contributed by atoms with Gasteiger partial charge in [0, 0.05) is 17.7 Å². The monoisotopic (exact) mass is 293 g/mol. The minimum Gasteiger partial charge on any atom is -0.497 e. The third kappa shape index (κ3) is 4.36. The summed E-state index contributed by atoms with van der Waals surface area (Å²) in [5.41, 5.74) is 0.839. The molecular formula is C16H23NO4. The Hall–Kier alpha value is -1.75. The summed E-state index contributed by atoms with van der Waals surface area (Å²) in [6.07, 6.45) is 3.28. The summed E-state index contributed by atoms with van der Waals surface area (Å²) in [7, 11) is 3.18. The fourth-order valence-corrected chi connectivity index (χ4v) is 2.67. The maximum absolute atomic E-state index is 12.1. The van der Waals surface area contributed by atoms with Crippen LogP contribution in [0.3, 0.4) is 0 Å². The number of hydrogen-bond acceptors (Lipinski definition) is 4. The Kier molecular flexibility index (Phi) is 5.44. The summed E-state index contributed by atoms with van der Waals surface area (Å²) in [6.45, 7) is 0. The summed E-state index contributed by atoms with van der Waals surface area (Å²) < 4.78 is 10.4. The molecule has 0 saturated heterocycles. The van der Waals surface area contributed by atoms with Crippen LogP contribution in [0.2, 0.25) is 0 Å². The molecular weight excluding hydrogens is 270 g/mol. The first-order valence-corrected chi connectivity index (χ1v) is 7.30. The standard InChI is InChI=1S/C16H23NO4/c1-20-14-8-3-11(15(10-14)21-2)9-16(19)17-12-4-6-13(18)7-5-12/h3,8,10,12-13,18H,4-7,9H2,1-2H3,(H,17,19). The van der Waals surface area contributed by atoms with Crippen molar-refractivity contribution in [3.63, 3.8) is 0 Å². The molecule has 0 aromatic heterocycles. The molecule has 0 unspecified atom stereocenters. The highest BCUT2D eigenvalue weighted by atomic mass is 16.5. The number of methoxy groups -OCH3 is 2. The number of ether oxygens (including phenoxy) is 2. The summed E-state index contributed by atoms with van der Waals surface area (Å²) >= 11 is 0. The molecule has 0 atom stereocenters. The van der Waals surface area contributed by atoms with Gasteiger partial charge in [-0.25, -0.2) is 0 Å². The van der Waals surface area contributed by atoms with E-state index in [1.54, 1.807) is 20.3 Å². The zero-order valence-corrected chi connectivity index (χ0v) is 12.6. The van der Waals surface area contributed by atoms with Gasteiger partial charge in [0.1, 0.15) is 11.5 Å². The van der Waals surface area contributed by atoms with Gasteiger partial charge < -0.3 is 19.9 Å². The van der Waals surface area contributed by atoms with Crippen molar-refractivity contribution in [2.45, 2.75) is 44.2 Å². The van der Waals surface area contributed by atoms with Gasteiger partial charge in [-0.3, -0.25) is 4.79 Å². The second-order valence-electron chi connectivity index (χ2n) is 5.43. The van der Waals surface area contributed by atoms with Crippen molar-refractivity contribution in [3.8, 4) is 11.5 Å². The van der Waals surface area contributed by atoms with Crippen LogP contribution >= 0.6 is 0 Å². The molecule has 2 rings (SSSR count). The number of carbonyl (C=O) groups is 1. The van der Waals surface area contributed by atoms with Gasteiger partial charge in [0.15, 0.2) is 0 Å². The van der Waals surface area contributed by atoms with E-state index in [1.165, 1.54) is 0 Å². The second kappa shape index (κ2) is 7.31. The second-order valence-corrected chi connectivity index (χ2v) is 5.43. The number of rotatable bonds is 5. The third-order valence-corrected chi connectivity index (χ3v) is 3.91. The van der Waals surface area contributed by atoms with E-state index in [9.17, 15) is 9.90 Å². The van der Waals surface area contributed by atoms with Crippen LogP contribution in [0, 0.1) is 0 Å². The molecule has 5 heteroatoms. The van der Waals surface area contributed by atoms with E-state index in [0.717, 1.165) is 31.2 Å². The molecule has 5 nitrogen and oxygen atoms in total. The molecule has 0 heterocycles. The average Bonchev–Trinajstić information content (AvgIpc) is 2.50. The fraction of sp³-hybridized carbons (Fsp3) is 0.562. The number of amides is 1. The lowest BCUT2D eigenvalue weighted by atomic mass is 9.93. The number of aliphatic hydroxyl groups is 1. The number of carbonyl (C=O) groups excluding carboxylic acids is 1. The zero-order valence-electron chi connectivity index (χ0n) is 12.6. The van der Waals surface area contributed by atoms with E-state index in [2.05, 4.69) is 5.32 Å². The molecule has 21 heavy (non-hydrogen) atoms. The molecule has 1 saturated carbocycles. The Morgan fingerprint density at radius 2 is 1.95 bits per heavy atom. The van der Waals surface area contributed by atoms with E-state index in [-0.39, 0.29) is 24.5 Å². The van der Waals surface area contributed by atoms with Gasteiger partial charge in [-0.05, 0) is 31.7 Å². The van der Waals surface area contributed by atoms with Gasteiger partial charge in [0.2, 0.25) is 5.91 Å². The van der Waals surface area contributed by atoms with Crippen molar-refractivity contribution >= 4 is 5.91 Å². The predicted octanol–water partition coefficient (Wildman–Crippen LogP) is 1.67. The molecule has 1 aromatic rings. The van der Waals surface area contributed by atoms with E-state index in [0.29, 0.717) is 11.5 Å². The van der Waals surface area contributed by atoms with E-state index < -0.39 is 0 Å². The molecule has 1 aliphatic carbocycles. The molecule has 2 N–H and O–H groups in total. The van der Waals surface area contributed by atoms with Crippen molar-refractivity contribution in [1.29, 1.82) is 0 Å². The number of nitrogens with one attached hydrogen (secondary N) is 1. The highest BCUT2D eigenvalue weighted by Crippen LogP contribution is 2.25. The lowest BCUT2D eigenvalue weighted by Crippen LogP contribution is -2.39. The first-order chi connectivity index (χ1) is 10.1. The van der Waals surface area contributed by atoms with Crippen LogP contribution in [-0.4, -0.2) is 37.4 Å². The quantitative estimate of drug-likeness (QED) is 0.866. The van der Waals surface area contributed by atoms with Crippen molar-refractivity contribution in [1.82, 2.24) is 5.32 Å². The van der Waals surface area contributed by atoms with Crippen LogP contribution in [0.4, 0.5) is 0 Å². The van der Waals surface area contributed by atoms with Crippen LogP contribution in [0.15, 0.2) is 18.2 Å². The lowest BCUT2D eigenvalue weighted by Gasteiger charge is -2.26. The van der Waals surface area contributed by atoms with Crippen LogP contribution in [0.25, 0.3) is 0 Å². The van der Waals surface area contributed by atoms with E-state index >= 15 is 0 Å². The Bertz CT molecular complexity index is 481. The van der Waals surface area contributed by atoms with Crippen LogP contribution in [0.1, 0.15) is 31.2 Å². The van der Waals surface area contributed by atoms with E-state index in [1.807, 2.05) is 12.1 Å². The summed E-state index contributed by atoms with van der Waals surface area (Å²) in [4.78, 5) is 12.1. The molecule has 0 bridgehead atoms. The maximum Gasteiger partial charge on any atom is 0.224 e. The highest BCUT2D eigenvalue weighted by Gasteiger charge is 2.21. The van der Waals surface area contributed by atoms with E-state index in [4.69, 9.17) is 9.47 Å². The Morgan fingerprint density at radius 1 is 1.24 bits per heavy atom. The number of aliphatic hydroxyl groups excluding tert-OH is 1. The smallest absolute Gasteiger partial charge is 0.224 e. The van der Waals surface area contributed by atoms with Crippen LogP contribution < -0.4 is 14.8 Å². The molecule has 1 fully saturated rings. The SMILES string of the molecule is COc1ccc(CC(=O)NC2CCC(O)CC2)c(OC)c1. The van der Waals surface area contributed by atoms with Gasteiger partial charge in [-0.2, -0.15) is 0 Å². The molecule has 0 spiro atoms. The molecule has 1 amide bonds. The zero-order chi connectivity index (χ0) is 15.2. The number of benzene rings is 1. The van der Waals surface area contributed by atoms with Gasteiger partial charge in [-0.15, -0.1) is 0 Å². The normalized spacial score (nSPS) is 21.7. The first-order valence-electron chi connectivity index (χ1n) is 7.30. The Balaban J connectivity index is 1.93. The van der Waals surface area contributed by atoms with Crippen molar-refractivity contribution in [3.05, 3.63) is 23.8 Å². The largest absolute Gasteiger partial charge is 0.497 e. The summed E-state index contributed by atoms with van der Waals surface area (Å²) in [5.74, 6) is 1.35. The molecule has 116 valence electrons. The lowest BCUT2D eigenvalue weighted by molar-refractivity contribution is -0.121. The summed E-state index contributed by atoms with van der Waals surface area (Å²) in [5, 5.41) is 12.5. The number of hydrogen-bond donors (Lipinski definition) is 2. The van der Waals surface area contributed by atoms with Crippen LogP contribution in [0.5, 0.6) is 11.5 Å². The van der Waals surface area contributed by atoms with Gasteiger partial charge in [0.05, 0.1) is 26.7 Å². The van der Waals surface area contributed by atoms with Crippen LogP contribution in [-0.2, 0) is 11.2 Å². The Morgan fingerprint density at radius 3 is 2.57 bits per heavy atom. The summed E-state index contributed by atoms with van der Waals surface area (Å²) in [6, 6.07) is 5.62. The van der Waals surface area contributed by atoms with Gasteiger partial charge in [0.25, 0.3) is 0 Å². The topological polar surface area (TPSA) is 67.8 Å². The maximum atomic E-state index is 12.1. The van der Waals surface area contributed by atoms with Crippen molar-refractivity contribution in [2.75, 3.05) is 14.2 Å². The van der Waals surface area contributed by atoms with Gasteiger partial charge in [-0.1, -0.05) is 6.07 Å². The predicted molar refractivity (Wildman–Crippen MR) is 79.7 cm³/mol. The minimum atomic E-state index is -0.208.